The van der Waals surface area contributed by atoms with Crippen molar-refractivity contribution >= 4 is 34.3 Å². The van der Waals surface area contributed by atoms with E-state index in [4.69, 9.17) is 0 Å². The van der Waals surface area contributed by atoms with Gasteiger partial charge in [-0.1, -0.05) is 66.2 Å². The zero-order valence-corrected chi connectivity index (χ0v) is 25.5. The van der Waals surface area contributed by atoms with Gasteiger partial charge in [0.05, 0.1) is 11.7 Å². The molecule has 2 atom stereocenters. The number of nitrogens with zero attached hydrogens (tertiary/aromatic N) is 3. The van der Waals surface area contributed by atoms with Gasteiger partial charge in [0, 0.05) is 54.4 Å². The second-order valence-corrected chi connectivity index (χ2v) is 11.5. The summed E-state index contributed by atoms with van der Waals surface area (Å²) >= 11 is 0. The van der Waals surface area contributed by atoms with Gasteiger partial charge in [0.15, 0.2) is 0 Å². The van der Waals surface area contributed by atoms with E-state index in [0.29, 0.717) is 11.1 Å². The van der Waals surface area contributed by atoms with Crippen LogP contribution in [-0.4, -0.2) is 47.3 Å². The van der Waals surface area contributed by atoms with Crippen LogP contribution in [0.3, 0.4) is 0 Å². The van der Waals surface area contributed by atoms with Crippen molar-refractivity contribution in [3.05, 3.63) is 125 Å². The van der Waals surface area contributed by atoms with Gasteiger partial charge in [0.25, 0.3) is 17.7 Å². The van der Waals surface area contributed by atoms with Gasteiger partial charge in [-0.05, 0) is 61.4 Å². The van der Waals surface area contributed by atoms with Crippen LogP contribution in [0, 0.1) is 6.92 Å². The number of aromatic nitrogens is 1. The Balaban J connectivity index is 1.38. The third-order valence-corrected chi connectivity index (χ3v) is 8.48. The van der Waals surface area contributed by atoms with E-state index in [1.807, 2.05) is 74.6 Å². The van der Waals surface area contributed by atoms with Crippen LogP contribution in [0.4, 0.5) is 5.69 Å². The van der Waals surface area contributed by atoms with Gasteiger partial charge < -0.3 is 14.4 Å². The number of rotatable bonds is 6. The lowest BCUT2D eigenvalue weighted by Crippen LogP contribution is -2.52. The molecule has 1 aromatic heterocycles. The van der Waals surface area contributed by atoms with Crippen molar-refractivity contribution in [1.29, 1.82) is 0 Å². The zero-order chi connectivity index (χ0) is 31.1. The highest BCUT2D eigenvalue weighted by Gasteiger charge is 2.44. The van der Waals surface area contributed by atoms with Gasteiger partial charge >= 0.3 is 0 Å². The van der Waals surface area contributed by atoms with E-state index in [9.17, 15) is 14.4 Å². The van der Waals surface area contributed by atoms with Crippen molar-refractivity contribution in [3.63, 3.8) is 0 Å². The molecule has 0 radical (unpaired) electrons. The summed E-state index contributed by atoms with van der Waals surface area (Å²) < 4.78 is 2.16. The van der Waals surface area contributed by atoms with Crippen LogP contribution in [0.1, 0.15) is 50.4 Å². The fourth-order valence-corrected chi connectivity index (χ4v) is 6.12. The van der Waals surface area contributed by atoms with Crippen LogP contribution in [0.5, 0.6) is 0 Å². The maximum absolute atomic E-state index is 14.1. The van der Waals surface area contributed by atoms with Gasteiger partial charge in [-0.3, -0.25) is 25.2 Å². The highest BCUT2D eigenvalue weighted by Crippen LogP contribution is 2.47. The van der Waals surface area contributed by atoms with E-state index in [1.165, 1.54) is 0 Å². The van der Waals surface area contributed by atoms with Crippen LogP contribution in [0.15, 0.2) is 97.1 Å². The first-order chi connectivity index (χ1) is 21.2. The summed E-state index contributed by atoms with van der Waals surface area (Å²) in [6, 6.07) is 29.6. The normalized spacial score (nSPS) is 14.8. The third kappa shape index (κ3) is 4.88. The lowest BCUT2D eigenvalue weighted by atomic mass is 9.92. The Hall–Kier alpha value is -5.37. The number of carbonyl (C=O) groups is 3. The molecule has 0 saturated carbocycles. The van der Waals surface area contributed by atoms with Crippen molar-refractivity contribution < 1.29 is 14.4 Å². The van der Waals surface area contributed by atoms with Crippen molar-refractivity contribution in [2.75, 3.05) is 19.0 Å². The first-order valence-corrected chi connectivity index (χ1v) is 14.6. The molecule has 0 fully saturated rings. The monoisotopic (exact) mass is 585 g/mol. The lowest BCUT2D eigenvalue weighted by molar-refractivity contribution is -0.126. The Labute approximate surface area is 256 Å². The van der Waals surface area contributed by atoms with Crippen molar-refractivity contribution in [2.45, 2.75) is 25.9 Å². The SMILES string of the molecule is Cc1ccc(-c2c(C3c4ccccc4C(=O)N3C(C)C(=O)NNC(=O)c3ccc(N(C)C)cc3)c3ccccc3n2C)cc1. The average molecular weight is 586 g/mol. The Morgan fingerprint density at radius 1 is 0.841 bits per heavy atom. The number of fused-ring (bicyclic) bond motifs is 2. The van der Waals surface area contributed by atoms with Gasteiger partial charge in [0.2, 0.25) is 0 Å². The van der Waals surface area contributed by atoms with Crippen molar-refractivity contribution in [1.82, 2.24) is 20.3 Å². The quantitative estimate of drug-likeness (QED) is 0.254. The molecule has 0 saturated heterocycles. The number of benzene rings is 4. The number of para-hydroxylation sites is 1. The molecule has 1 aliphatic heterocycles. The predicted octanol–water partition coefficient (Wildman–Crippen LogP) is 5.61. The summed E-state index contributed by atoms with van der Waals surface area (Å²) in [6.07, 6.45) is 0. The fourth-order valence-electron chi connectivity index (χ4n) is 6.12. The Morgan fingerprint density at radius 3 is 2.20 bits per heavy atom. The van der Waals surface area contributed by atoms with E-state index in [1.54, 1.807) is 24.0 Å². The summed E-state index contributed by atoms with van der Waals surface area (Å²) in [7, 11) is 5.87. The number of hydrazine groups is 1. The Kier molecular flexibility index (Phi) is 7.43. The molecule has 4 aromatic carbocycles. The van der Waals surface area contributed by atoms with E-state index in [2.05, 4.69) is 58.7 Å². The smallest absolute Gasteiger partial charge is 0.269 e. The summed E-state index contributed by atoms with van der Waals surface area (Å²) in [4.78, 5) is 44.1. The summed E-state index contributed by atoms with van der Waals surface area (Å²) in [5.74, 6) is -1.17. The molecule has 1 aliphatic rings. The molecular formula is C36H35N5O3. The Bertz CT molecular complexity index is 1890. The highest BCUT2D eigenvalue weighted by molar-refractivity contribution is 6.05. The molecule has 44 heavy (non-hydrogen) atoms. The minimum absolute atomic E-state index is 0.235. The standard InChI is InChI=1S/C36H35N5O3/c1-22-14-16-24(17-15-22)32-31(29-12-8-9-13-30(29)40(32)5)33-27-10-6-7-11-28(27)36(44)41(33)23(2)34(42)37-38-35(43)25-18-20-26(21-19-25)39(3)4/h6-21,23,33H,1-5H3,(H,37,42)(H,38,43). The first-order valence-electron chi connectivity index (χ1n) is 14.6. The molecule has 2 N–H and O–H groups in total. The van der Waals surface area contributed by atoms with Crippen LogP contribution >= 0.6 is 0 Å². The van der Waals surface area contributed by atoms with E-state index in [-0.39, 0.29) is 5.91 Å². The van der Waals surface area contributed by atoms with Crippen LogP contribution in [0.25, 0.3) is 22.2 Å². The highest BCUT2D eigenvalue weighted by atomic mass is 16.2. The third-order valence-electron chi connectivity index (χ3n) is 8.48. The molecule has 2 unspecified atom stereocenters. The number of nitrogens with one attached hydrogen (secondary N) is 2. The van der Waals surface area contributed by atoms with Gasteiger partial charge in [0.1, 0.15) is 6.04 Å². The molecule has 8 heteroatoms. The number of carbonyl (C=O) groups excluding carboxylic acids is 3. The molecule has 6 rings (SSSR count). The lowest BCUT2D eigenvalue weighted by Gasteiger charge is -2.31. The van der Waals surface area contributed by atoms with Gasteiger partial charge in [-0.2, -0.15) is 0 Å². The average Bonchev–Trinajstić information content (AvgIpc) is 3.50. The molecule has 5 aromatic rings. The molecule has 0 spiro atoms. The second kappa shape index (κ2) is 11.4. The number of hydrogen-bond acceptors (Lipinski definition) is 4. The molecular weight excluding hydrogens is 550 g/mol. The largest absolute Gasteiger partial charge is 0.378 e. The van der Waals surface area contributed by atoms with E-state index >= 15 is 0 Å². The number of hydrogen-bond donors (Lipinski definition) is 2. The number of anilines is 1. The van der Waals surface area contributed by atoms with Gasteiger partial charge in [-0.25, -0.2) is 0 Å². The van der Waals surface area contributed by atoms with Crippen LogP contribution < -0.4 is 15.8 Å². The maximum Gasteiger partial charge on any atom is 0.269 e. The van der Waals surface area contributed by atoms with Crippen LogP contribution in [0.2, 0.25) is 0 Å². The minimum Gasteiger partial charge on any atom is -0.378 e. The summed E-state index contributed by atoms with van der Waals surface area (Å²) in [6.45, 7) is 3.75. The Morgan fingerprint density at radius 2 is 1.50 bits per heavy atom. The molecule has 0 bridgehead atoms. The van der Waals surface area contributed by atoms with Crippen LogP contribution in [-0.2, 0) is 11.8 Å². The molecule has 222 valence electrons. The molecule has 3 amide bonds. The first kappa shape index (κ1) is 28.7. The summed E-state index contributed by atoms with van der Waals surface area (Å²) in [5.41, 5.74) is 13.0. The minimum atomic E-state index is -0.902. The van der Waals surface area contributed by atoms with E-state index in [0.717, 1.165) is 44.5 Å². The topological polar surface area (TPSA) is 86.7 Å². The molecule has 0 aliphatic carbocycles. The maximum atomic E-state index is 14.1. The van der Waals surface area contributed by atoms with Gasteiger partial charge in [-0.15, -0.1) is 0 Å². The molecule has 8 nitrogen and oxygen atoms in total. The van der Waals surface area contributed by atoms with E-state index < -0.39 is 23.9 Å². The zero-order valence-electron chi connectivity index (χ0n) is 25.5. The fraction of sp³-hybridized carbons (Fsp3) is 0.194. The molecule has 2 heterocycles. The summed E-state index contributed by atoms with van der Waals surface area (Å²) in [5, 5.41) is 1.01. The number of aryl methyl sites for hydroxylation is 2. The number of amides is 3. The van der Waals surface area contributed by atoms with Crippen molar-refractivity contribution in [2.24, 2.45) is 7.05 Å². The second-order valence-electron chi connectivity index (χ2n) is 11.5. The van der Waals surface area contributed by atoms with Crippen molar-refractivity contribution in [3.8, 4) is 11.3 Å². The predicted molar refractivity (Wildman–Crippen MR) is 173 cm³/mol.